The minimum atomic E-state index is -2.65. The number of rotatable bonds is 6. The summed E-state index contributed by atoms with van der Waals surface area (Å²) in [6, 6.07) is 5.45. The number of allylic oxidation sites excluding steroid dienone is 1. The summed E-state index contributed by atoms with van der Waals surface area (Å²) < 4.78 is 16.6. The number of aromatic hydroxyl groups is 1. The summed E-state index contributed by atoms with van der Waals surface area (Å²) in [5.41, 5.74) is 4.06. The van der Waals surface area contributed by atoms with Crippen molar-refractivity contribution < 1.29 is 49.0 Å². The molecule has 2 aromatic carbocycles. The molecule has 0 radical (unpaired) electrons. The number of primary amides is 1. The second kappa shape index (κ2) is 10.3. The van der Waals surface area contributed by atoms with Crippen molar-refractivity contribution in [2.75, 3.05) is 35.4 Å². The Morgan fingerprint density at radius 1 is 1.00 bits per heavy atom. The first-order valence-corrected chi connectivity index (χ1v) is 13.4. The predicted octanol–water partition coefficient (Wildman–Crippen LogP) is 0.978. The average Bonchev–Trinajstić information content (AvgIpc) is 2.93. The standard InChI is InChI=1S/C30H34N2O10/c1-32(2)22-16-11-12-10-15-13(14-7-9-18(40-3)26(42-5)25(14)41-4)6-8-17(33)20(15)23(34)19(12)27(36)30(16,39)28(37)21(24(22)35)29(31)38/h6-9,12,16,21-22,24,33,35-36,39H,10-11H2,1-5H3,(H2,31,38)/t12-,16-,21?,22-,24?,30-/m0/s1. The number of Topliss-reactive ketones (excluding diaryl/α,β-unsaturated/α-hetero) is 2. The number of amides is 1. The third-order valence-corrected chi connectivity index (χ3v) is 8.97. The van der Waals surface area contributed by atoms with Gasteiger partial charge in [0.25, 0.3) is 0 Å². The third-order valence-electron chi connectivity index (χ3n) is 8.97. The summed E-state index contributed by atoms with van der Waals surface area (Å²) in [6.07, 6.45) is -1.40. The van der Waals surface area contributed by atoms with Crippen LogP contribution >= 0.6 is 0 Å². The number of hydrogen-bond donors (Lipinski definition) is 5. The van der Waals surface area contributed by atoms with Crippen molar-refractivity contribution in [2.45, 2.75) is 30.6 Å². The number of nitrogens with two attached hydrogens (primary N) is 1. The van der Waals surface area contributed by atoms with E-state index in [1.807, 2.05) is 0 Å². The van der Waals surface area contributed by atoms with Gasteiger partial charge in [0.05, 0.1) is 33.0 Å². The largest absolute Gasteiger partial charge is 0.508 e. The van der Waals surface area contributed by atoms with Crippen LogP contribution in [0, 0.1) is 17.8 Å². The van der Waals surface area contributed by atoms with E-state index in [9.17, 15) is 34.8 Å². The molecule has 12 nitrogen and oxygen atoms in total. The van der Waals surface area contributed by atoms with Crippen LogP contribution in [0.25, 0.3) is 11.1 Å². The predicted molar refractivity (Wildman–Crippen MR) is 149 cm³/mol. The topological polar surface area (TPSA) is 189 Å². The quantitative estimate of drug-likeness (QED) is 0.305. The van der Waals surface area contributed by atoms with Crippen LogP contribution in [0.5, 0.6) is 23.0 Å². The van der Waals surface area contributed by atoms with Gasteiger partial charge < -0.3 is 45.3 Å². The molecule has 0 aromatic heterocycles. The number of nitrogens with zero attached hydrogens (tertiary/aromatic N) is 1. The normalized spacial score (nSPS) is 28.6. The molecule has 224 valence electrons. The van der Waals surface area contributed by atoms with Crippen molar-refractivity contribution in [2.24, 2.45) is 23.5 Å². The molecule has 12 heteroatoms. The van der Waals surface area contributed by atoms with Gasteiger partial charge in [-0.15, -0.1) is 0 Å². The fraction of sp³-hybridized carbons (Fsp3) is 0.433. The molecule has 6 N–H and O–H groups in total. The lowest BCUT2D eigenvalue weighted by Crippen LogP contribution is -2.71. The number of carbonyl (C=O) groups excluding carboxylic acids is 3. The van der Waals surface area contributed by atoms with Gasteiger partial charge in [-0.05, 0) is 62.2 Å². The second-order valence-corrected chi connectivity index (χ2v) is 11.2. The summed E-state index contributed by atoms with van der Waals surface area (Å²) >= 11 is 0. The molecule has 0 aliphatic heterocycles. The number of hydrogen-bond acceptors (Lipinski definition) is 11. The van der Waals surface area contributed by atoms with Gasteiger partial charge >= 0.3 is 0 Å². The summed E-state index contributed by atoms with van der Waals surface area (Å²) in [4.78, 5) is 41.3. The summed E-state index contributed by atoms with van der Waals surface area (Å²) in [6.45, 7) is 0. The van der Waals surface area contributed by atoms with Gasteiger partial charge in [-0.25, -0.2) is 0 Å². The van der Waals surface area contributed by atoms with Crippen LogP contribution in [0.3, 0.4) is 0 Å². The lowest BCUT2D eigenvalue weighted by molar-refractivity contribution is -0.178. The van der Waals surface area contributed by atoms with E-state index in [4.69, 9.17) is 19.9 Å². The Morgan fingerprint density at radius 3 is 2.21 bits per heavy atom. The van der Waals surface area contributed by atoms with Crippen molar-refractivity contribution >= 4 is 17.5 Å². The number of benzene rings is 2. The monoisotopic (exact) mass is 582 g/mol. The Balaban J connectivity index is 1.73. The molecule has 5 rings (SSSR count). The molecular weight excluding hydrogens is 548 g/mol. The van der Waals surface area contributed by atoms with Crippen LogP contribution in [0.1, 0.15) is 22.3 Å². The van der Waals surface area contributed by atoms with Crippen LogP contribution in [0.4, 0.5) is 0 Å². The van der Waals surface area contributed by atoms with Gasteiger partial charge in [0, 0.05) is 23.1 Å². The lowest BCUT2D eigenvalue weighted by atomic mass is 9.55. The Hall–Kier alpha value is -4.13. The molecule has 1 amide bonds. The van der Waals surface area contributed by atoms with E-state index in [1.165, 1.54) is 27.4 Å². The Bertz CT molecular complexity index is 1530. The molecule has 0 spiro atoms. The highest BCUT2D eigenvalue weighted by Gasteiger charge is 2.66. The highest BCUT2D eigenvalue weighted by molar-refractivity contribution is 6.16. The molecule has 0 heterocycles. The summed E-state index contributed by atoms with van der Waals surface area (Å²) in [7, 11) is 7.64. The van der Waals surface area contributed by atoms with E-state index in [2.05, 4.69) is 0 Å². The fourth-order valence-corrected chi connectivity index (χ4v) is 7.17. The minimum Gasteiger partial charge on any atom is -0.508 e. The van der Waals surface area contributed by atoms with Crippen LogP contribution in [-0.4, -0.2) is 96.0 Å². The lowest BCUT2D eigenvalue weighted by Gasteiger charge is -2.53. The van der Waals surface area contributed by atoms with Crippen molar-refractivity contribution in [1.29, 1.82) is 0 Å². The Labute approximate surface area is 241 Å². The number of phenols is 1. The third kappa shape index (κ3) is 3.89. The van der Waals surface area contributed by atoms with Crippen LogP contribution < -0.4 is 19.9 Å². The smallest absolute Gasteiger partial charge is 0.230 e. The zero-order valence-corrected chi connectivity index (χ0v) is 23.9. The maximum atomic E-state index is 14.0. The molecule has 3 aliphatic rings. The van der Waals surface area contributed by atoms with Gasteiger partial charge in [0.1, 0.15) is 17.4 Å². The second-order valence-electron chi connectivity index (χ2n) is 11.2. The number of ketones is 2. The number of methoxy groups -OCH3 is 3. The van der Waals surface area contributed by atoms with Crippen molar-refractivity contribution in [1.82, 2.24) is 4.90 Å². The maximum absolute atomic E-state index is 14.0. The first kappa shape index (κ1) is 29.4. The number of carbonyl (C=O) groups is 3. The van der Waals surface area contributed by atoms with Gasteiger partial charge in [0.15, 0.2) is 28.7 Å². The minimum absolute atomic E-state index is 0.0103. The Morgan fingerprint density at radius 2 is 1.64 bits per heavy atom. The van der Waals surface area contributed by atoms with E-state index in [0.717, 1.165) is 0 Å². The molecule has 1 fully saturated rings. The van der Waals surface area contributed by atoms with Crippen molar-refractivity contribution in [3.05, 3.63) is 46.7 Å². The molecule has 2 unspecified atom stereocenters. The summed E-state index contributed by atoms with van der Waals surface area (Å²) in [5.74, 6) is -6.81. The number of likely N-dealkylation sites (N-methyl/N-ethyl adjacent to an activating group) is 1. The van der Waals surface area contributed by atoms with Crippen LogP contribution in [-0.2, 0) is 16.0 Å². The number of phenolic OH excluding ortho intramolecular Hbond substituents is 1. The molecule has 6 atom stereocenters. The molecule has 42 heavy (non-hydrogen) atoms. The molecule has 1 saturated carbocycles. The van der Waals surface area contributed by atoms with Crippen molar-refractivity contribution in [3.8, 4) is 34.1 Å². The zero-order chi connectivity index (χ0) is 30.8. The molecular formula is C30H34N2O10. The van der Waals surface area contributed by atoms with Gasteiger partial charge in [-0.2, -0.15) is 0 Å². The number of fused-ring (bicyclic) bond motifs is 3. The Kier molecular flexibility index (Phi) is 7.20. The first-order valence-electron chi connectivity index (χ1n) is 13.4. The summed E-state index contributed by atoms with van der Waals surface area (Å²) in [5, 5.41) is 45.2. The van der Waals surface area contributed by atoms with E-state index in [1.54, 1.807) is 37.2 Å². The number of ether oxygens (including phenoxy) is 3. The fourth-order valence-electron chi connectivity index (χ4n) is 7.17. The number of aliphatic hydroxyl groups excluding tert-OH is 2. The molecule has 0 bridgehead atoms. The zero-order valence-electron chi connectivity index (χ0n) is 23.9. The van der Waals surface area contributed by atoms with E-state index < -0.39 is 58.7 Å². The average molecular weight is 583 g/mol. The highest BCUT2D eigenvalue weighted by Crippen LogP contribution is 2.54. The molecule has 2 aromatic rings. The molecule has 0 saturated heterocycles. The van der Waals surface area contributed by atoms with E-state index >= 15 is 0 Å². The van der Waals surface area contributed by atoms with Gasteiger partial charge in [-0.1, -0.05) is 6.07 Å². The van der Waals surface area contributed by atoms with Gasteiger partial charge in [-0.3, -0.25) is 14.4 Å². The molecule has 3 aliphatic carbocycles. The maximum Gasteiger partial charge on any atom is 0.230 e. The highest BCUT2D eigenvalue weighted by atomic mass is 16.5. The van der Waals surface area contributed by atoms with Crippen molar-refractivity contribution in [3.63, 3.8) is 0 Å². The van der Waals surface area contributed by atoms with E-state index in [0.29, 0.717) is 33.9 Å². The van der Waals surface area contributed by atoms with Gasteiger partial charge in [0.2, 0.25) is 11.7 Å². The van der Waals surface area contributed by atoms with Crippen LogP contribution in [0.15, 0.2) is 35.6 Å². The SMILES string of the molecule is COc1ccc(-c2ccc(O)c3c2C[C@H]2C[C@H]4[C@H](N(C)C)C(O)C(C(N)=O)C(=O)[C@@]4(O)C(O)=C2C3=O)c(OC)c1OC. The first-order chi connectivity index (χ1) is 19.8. The van der Waals surface area contributed by atoms with E-state index in [-0.39, 0.29) is 29.7 Å². The van der Waals surface area contributed by atoms with Crippen LogP contribution in [0.2, 0.25) is 0 Å². The number of aliphatic hydroxyl groups is 3.